The van der Waals surface area contributed by atoms with Gasteiger partial charge in [0.25, 0.3) is 0 Å². The summed E-state index contributed by atoms with van der Waals surface area (Å²) in [5, 5.41) is 24.3. The molecule has 5 aliphatic rings. The average molecular weight is 1240 g/mol. The van der Waals surface area contributed by atoms with Gasteiger partial charge in [0.2, 0.25) is 12.6 Å². The number of nitrogens with one attached hydrogen (secondary N) is 2. The number of amides is 3. The molecule has 1 fully saturated rings. The SMILES string of the molecule is CC(=O)C1CN(C(=O)OC(C)(C)C)CCC1=O.Cc1c2c(nn1C)CCN(C(=O)OC(C)(C)C)C2.Cc1c2c(nn1C)CCNC2.Cc1nn(C)c2c1CN(C(=O)OC(C)(C)C)CC2.Cc1nn(C)c2c1CNCC2.O=CC(F)(F)F.O=CC(F)(F)F. The maximum Gasteiger partial charge on any atom is 0.446 e. The Balaban J connectivity index is 0.000000274. The summed E-state index contributed by atoms with van der Waals surface area (Å²) in [6, 6.07) is 0. The minimum atomic E-state index is -4.64. The van der Waals surface area contributed by atoms with Gasteiger partial charge in [-0.1, -0.05) is 0 Å². The van der Waals surface area contributed by atoms with Crippen LogP contribution in [0.1, 0.15) is 143 Å². The number of hydrogen-bond acceptors (Lipinski definition) is 16. The van der Waals surface area contributed by atoms with Gasteiger partial charge in [-0.25, -0.2) is 14.4 Å². The second-order valence-corrected chi connectivity index (χ2v) is 24.3. The lowest BCUT2D eigenvalue weighted by molar-refractivity contribution is -0.156. The van der Waals surface area contributed by atoms with Crippen LogP contribution >= 0.6 is 0 Å². The van der Waals surface area contributed by atoms with Gasteiger partial charge < -0.3 is 39.5 Å². The van der Waals surface area contributed by atoms with E-state index in [9.17, 15) is 50.3 Å². The third kappa shape index (κ3) is 24.1. The molecule has 0 saturated carbocycles. The summed E-state index contributed by atoms with van der Waals surface area (Å²) in [5.74, 6) is -0.961. The predicted molar refractivity (Wildman–Crippen MR) is 309 cm³/mol. The highest BCUT2D eigenvalue weighted by Crippen LogP contribution is 2.26. The van der Waals surface area contributed by atoms with Gasteiger partial charge in [-0.2, -0.15) is 46.7 Å². The van der Waals surface area contributed by atoms with Gasteiger partial charge in [-0.3, -0.25) is 37.9 Å². The topological polar surface area (TPSA) is 252 Å². The standard InChI is InChI=1S/2C13H21N3O2.C12H19NO4.2C8H13N3.2C2HF3O/c1-9-10-8-16(12(17)18-13(2,3)4)7-6-11(10)14-15(9)5;1-9-10-8-16(12(17)18-13(2,3)4)7-6-11(10)15(5)14-9;1-8(14)9-7-13(6-5-10(9)15)11(16)17-12(2,3)4;1-6-7-5-9-4-3-8(7)10-11(6)2;1-6-7-5-9-4-3-8(7)11(2)10-6;2*3-2(4,5)1-6/h2*6-8H2,1-5H3;9H,5-7H2,1-4H3;2*9H,3-5H2,1-2H3;2*1H. The van der Waals surface area contributed by atoms with E-state index < -0.39 is 53.7 Å². The average Bonchev–Trinajstić information content (AvgIpc) is 1.92. The minimum Gasteiger partial charge on any atom is -0.444 e. The molecule has 0 aromatic carbocycles. The molecule has 488 valence electrons. The van der Waals surface area contributed by atoms with Crippen LogP contribution in [0.2, 0.25) is 0 Å². The van der Waals surface area contributed by atoms with E-state index in [0.717, 1.165) is 80.1 Å². The summed E-state index contributed by atoms with van der Waals surface area (Å²) >= 11 is 0. The first-order valence-corrected chi connectivity index (χ1v) is 28.5. The zero-order chi connectivity index (χ0) is 66.3. The molecule has 29 heteroatoms. The molecule has 9 rings (SSSR count). The molecule has 4 aromatic rings. The first-order chi connectivity index (χ1) is 40.0. The Labute approximate surface area is 505 Å². The van der Waals surface area contributed by atoms with Gasteiger partial charge in [0.1, 0.15) is 28.4 Å². The van der Waals surface area contributed by atoms with Gasteiger partial charge in [0.15, 0.2) is 0 Å². The molecule has 0 aliphatic carbocycles. The van der Waals surface area contributed by atoms with Crippen molar-refractivity contribution in [3.05, 3.63) is 67.8 Å². The van der Waals surface area contributed by atoms with Crippen LogP contribution in [0.15, 0.2) is 0 Å². The fourth-order valence-corrected chi connectivity index (χ4v) is 9.35. The number of Topliss-reactive ketones (excluding diaryl/α,β-unsaturated/α-hetero) is 2. The number of carbonyl (C=O) groups excluding carboxylic acids is 7. The van der Waals surface area contributed by atoms with Crippen molar-refractivity contribution in [1.82, 2.24) is 64.5 Å². The molecular weight excluding hydrogens is 1150 g/mol. The van der Waals surface area contributed by atoms with Crippen LogP contribution in [0.5, 0.6) is 0 Å². The number of fused-ring (bicyclic) bond motifs is 4. The Bertz CT molecular complexity index is 2940. The van der Waals surface area contributed by atoms with Crippen molar-refractivity contribution in [2.75, 3.05) is 39.3 Å². The maximum absolute atomic E-state index is 12.0. The first kappa shape index (κ1) is 74.1. The predicted octanol–water partition coefficient (Wildman–Crippen LogP) is 7.69. The lowest BCUT2D eigenvalue weighted by Gasteiger charge is -2.32. The summed E-state index contributed by atoms with van der Waals surface area (Å²) in [5.41, 5.74) is 13.3. The van der Waals surface area contributed by atoms with E-state index in [2.05, 4.69) is 44.9 Å². The third-order valence-corrected chi connectivity index (χ3v) is 13.8. The number of ketones is 2. The molecule has 2 N–H and O–H groups in total. The molecule has 9 heterocycles. The Kier molecular flexibility index (Phi) is 26.5. The van der Waals surface area contributed by atoms with E-state index in [1.807, 2.05) is 102 Å². The molecule has 87 heavy (non-hydrogen) atoms. The van der Waals surface area contributed by atoms with Crippen LogP contribution < -0.4 is 10.6 Å². The normalized spacial score (nSPS) is 16.3. The van der Waals surface area contributed by atoms with Gasteiger partial charge in [0.05, 0.1) is 41.8 Å². The maximum atomic E-state index is 12.0. The van der Waals surface area contributed by atoms with Crippen LogP contribution in [0.25, 0.3) is 0 Å². The van der Waals surface area contributed by atoms with Crippen LogP contribution in [-0.2, 0) is 113 Å². The quantitative estimate of drug-likeness (QED) is 0.0802. The number of aryl methyl sites for hydroxylation is 6. The lowest BCUT2D eigenvalue weighted by Crippen LogP contribution is -2.48. The molecule has 1 atom stereocenters. The number of halogens is 6. The van der Waals surface area contributed by atoms with Crippen LogP contribution in [-0.4, -0.2) is 165 Å². The summed E-state index contributed by atoms with van der Waals surface area (Å²) in [6.45, 7) is 33.4. The molecule has 1 saturated heterocycles. The van der Waals surface area contributed by atoms with Gasteiger partial charge in [-0.05, 0) is 96.9 Å². The summed E-state index contributed by atoms with van der Waals surface area (Å²) in [7, 11) is 7.92. The third-order valence-electron chi connectivity index (χ3n) is 13.8. The number of alkyl halides is 6. The monoisotopic (exact) mass is 1240 g/mol. The van der Waals surface area contributed by atoms with Crippen molar-refractivity contribution in [2.45, 2.75) is 184 Å². The van der Waals surface area contributed by atoms with Gasteiger partial charge in [0, 0.05) is 158 Å². The molecule has 0 radical (unpaired) electrons. The van der Waals surface area contributed by atoms with Crippen molar-refractivity contribution in [3.8, 4) is 0 Å². The largest absolute Gasteiger partial charge is 0.446 e. The number of aldehydes is 2. The van der Waals surface area contributed by atoms with E-state index in [4.69, 9.17) is 23.8 Å². The molecule has 23 nitrogen and oxygen atoms in total. The van der Waals surface area contributed by atoms with Gasteiger partial charge >= 0.3 is 30.6 Å². The Morgan fingerprint density at radius 2 is 0.874 bits per heavy atom. The summed E-state index contributed by atoms with van der Waals surface area (Å²) in [4.78, 5) is 80.9. The Hall–Kier alpha value is -7.17. The molecular formula is C58H89F6N13O10. The van der Waals surface area contributed by atoms with Crippen molar-refractivity contribution < 1.29 is 74.1 Å². The van der Waals surface area contributed by atoms with Crippen LogP contribution in [0, 0.1) is 33.6 Å². The smallest absolute Gasteiger partial charge is 0.444 e. The number of rotatable bonds is 1. The molecule has 4 aromatic heterocycles. The minimum absolute atomic E-state index is 0.0858. The van der Waals surface area contributed by atoms with E-state index >= 15 is 0 Å². The zero-order valence-corrected chi connectivity index (χ0v) is 53.6. The van der Waals surface area contributed by atoms with Crippen molar-refractivity contribution in [2.24, 2.45) is 34.1 Å². The van der Waals surface area contributed by atoms with E-state index in [-0.39, 0.29) is 36.7 Å². The number of nitrogens with zero attached hydrogens (tertiary/aromatic N) is 11. The molecule has 1 unspecified atom stereocenters. The second kappa shape index (κ2) is 31.1. The first-order valence-electron chi connectivity index (χ1n) is 28.5. The number of aromatic nitrogens is 8. The second-order valence-electron chi connectivity index (χ2n) is 24.3. The van der Waals surface area contributed by atoms with Gasteiger partial charge in [-0.15, -0.1) is 0 Å². The van der Waals surface area contributed by atoms with Crippen molar-refractivity contribution in [1.29, 1.82) is 0 Å². The summed E-state index contributed by atoms with van der Waals surface area (Å²) in [6.07, 6.45) is -8.28. The van der Waals surface area contributed by atoms with E-state index in [1.54, 1.807) is 30.6 Å². The number of likely N-dealkylation sites (tertiary alicyclic amines) is 1. The van der Waals surface area contributed by atoms with Crippen molar-refractivity contribution in [3.63, 3.8) is 0 Å². The van der Waals surface area contributed by atoms with Crippen LogP contribution in [0.4, 0.5) is 40.7 Å². The molecule has 5 aliphatic heterocycles. The lowest BCUT2D eigenvalue weighted by atomic mass is 9.93. The Morgan fingerprint density at radius 3 is 1.30 bits per heavy atom. The van der Waals surface area contributed by atoms with Crippen molar-refractivity contribution >= 4 is 42.4 Å². The molecule has 0 bridgehead atoms. The van der Waals surface area contributed by atoms with Crippen LogP contribution in [0.3, 0.4) is 0 Å². The number of hydrogen-bond donors (Lipinski definition) is 2. The van der Waals surface area contributed by atoms with E-state index in [0.29, 0.717) is 32.7 Å². The Morgan fingerprint density at radius 1 is 0.506 bits per heavy atom. The zero-order valence-electron chi connectivity index (χ0n) is 53.6. The fourth-order valence-electron chi connectivity index (χ4n) is 9.35. The summed E-state index contributed by atoms with van der Waals surface area (Å²) < 4.78 is 86.3. The molecule has 3 amide bonds. The highest BCUT2D eigenvalue weighted by molar-refractivity contribution is 6.02. The van der Waals surface area contributed by atoms with E-state index in [1.165, 1.54) is 51.4 Å². The number of piperidine rings is 1. The number of carbonyl (C=O) groups is 7. The number of ether oxygens (including phenoxy) is 3. The highest BCUT2D eigenvalue weighted by Gasteiger charge is 2.35. The highest BCUT2D eigenvalue weighted by atomic mass is 19.4. The fraction of sp³-hybridized carbons (Fsp3) is 0.672. The molecule has 0 spiro atoms.